The largest absolute Gasteiger partial charge is 0.392 e. The van der Waals surface area contributed by atoms with Crippen molar-refractivity contribution in [2.45, 2.75) is 24.5 Å². The number of H-pyrrole nitrogens is 1. The van der Waals surface area contributed by atoms with Gasteiger partial charge in [0.15, 0.2) is 5.03 Å². The molecule has 1 aliphatic rings. The number of piperidine rings is 1. The zero-order chi connectivity index (χ0) is 13.9. The summed E-state index contributed by atoms with van der Waals surface area (Å²) in [6.45, 7) is 1.15. The Balaban J connectivity index is 2.20. The lowest BCUT2D eigenvalue weighted by Crippen LogP contribution is -2.41. The molecule has 2 N–H and O–H groups in total. The van der Waals surface area contributed by atoms with Crippen molar-refractivity contribution in [1.29, 1.82) is 0 Å². The molecule has 7 nitrogen and oxygen atoms in total. The van der Waals surface area contributed by atoms with E-state index in [9.17, 15) is 8.42 Å². The maximum absolute atomic E-state index is 12.5. The van der Waals surface area contributed by atoms with E-state index in [1.54, 1.807) is 7.11 Å². The number of methoxy groups -OCH3 is 1. The minimum Gasteiger partial charge on any atom is -0.392 e. The van der Waals surface area contributed by atoms with E-state index in [1.165, 1.54) is 10.5 Å². The van der Waals surface area contributed by atoms with E-state index < -0.39 is 10.0 Å². The Morgan fingerprint density at radius 1 is 1.63 bits per heavy atom. The Morgan fingerprint density at radius 2 is 2.42 bits per heavy atom. The van der Waals surface area contributed by atoms with Crippen molar-refractivity contribution < 1.29 is 18.3 Å². The molecule has 0 spiro atoms. The van der Waals surface area contributed by atoms with Crippen LogP contribution in [0.15, 0.2) is 11.2 Å². The van der Waals surface area contributed by atoms with E-state index in [0.717, 1.165) is 12.8 Å². The summed E-state index contributed by atoms with van der Waals surface area (Å²) < 4.78 is 31.5. The number of ether oxygens (including phenoxy) is 1. The van der Waals surface area contributed by atoms with Gasteiger partial charge in [0.1, 0.15) is 0 Å². The summed E-state index contributed by atoms with van der Waals surface area (Å²) in [6.07, 6.45) is 3.12. The maximum Gasteiger partial charge on any atom is 0.260 e. The number of aromatic nitrogens is 2. The molecular formula is C11H19N3O4S. The van der Waals surface area contributed by atoms with Gasteiger partial charge < -0.3 is 9.84 Å². The number of hydrogen-bond donors (Lipinski definition) is 2. The van der Waals surface area contributed by atoms with Crippen molar-refractivity contribution in [2.75, 3.05) is 26.8 Å². The van der Waals surface area contributed by atoms with Gasteiger partial charge in [-0.3, -0.25) is 5.10 Å². The van der Waals surface area contributed by atoms with Crippen molar-refractivity contribution in [3.63, 3.8) is 0 Å². The van der Waals surface area contributed by atoms with E-state index >= 15 is 0 Å². The second kappa shape index (κ2) is 6.00. The van der Waals surface area contributed by atoms with Crippen molar-refractivity contribution in [2.24, 2.45) is 5.92 Å². The lowest BCUT2D eigenvalue weighted by molar-refractivity contribution is 0.118. The molecule has 0 saturated carbocycles. The molecule has 0 radical (unpaired) electrons. The van der Waals surface area contributed by atoms with Crippen LogP contribution in [0.25, 0.3) is 0 Å². The second-order valence-corrected chi connectivity index (χ2v) is 6.58. The van der Waals surface area contributed by atoms with Crippen molar-refractivity contribution >= 4 is 10.0 Å². The summed E-state index contributed by atoms with van der Waals surface area (Å²) in [5, 5.41) is 15.3. The van der Waals surface area contributed by atoms with Gasteiger partial charge in [-0.15, -0.1) is 0 Å². The van der Waals surface area contributed by atoms with Crippen LogP contribution in [0.2, 0.25) is 0 Å². The fourth-order valence-corrected chi connectivity index (χ4v) is 4.03. The van der Waals surface area contributed by atoms with Crippen molar-refractivity contribution in [3.8, 4) is 0 Å². The van der Waals surface area contributed by atoms with E-state index in [0.29, 0.717) is 25.3 Å². The third-order valence-electron chi connectivity index (χ3n) is 3.33. The van der Waals surface area contributed by atoms with Crippen molar-refractivity contribution in [3.05, 3.63) is 11.8 Å². The molecule has 2 heterocycles. The molecule has 1 saturated heterocycles. The molecule has 8 heteroatoms. The van der Waals surface area contributed by atoms with Gasteiger partial charge in [0.05, 0.1) is 19.4 Å². The highest BCUT2D eigenvalue weighted by atomic mass is 32.2. The van der Waals surface area contributed by atoms with Gasteiger partial charge >= 0.3 is 0 Å². The van der Waals surface area contributed by atoms with Gasteiger partial charge in [-0.2, -0.15) is 9.40 Å². The van der Waals surface area contributed by atoms with Gasteiger partial charge in [0, 0.05) is 25.8 Å². The van der Waals surface area contributed by atoms with Crippen LogP contribution in [0.1, 0.15) is 18.4 Å². The monoisotopic (exact) mass is 289 g/mol. The molecule has 1 unspecified atom stereocenters. The Kier molecular flexibility index (Phi) is 4.56. The quantitative estimate of drug-likeness (QED) is 0.792. The highest BCUT2D eigenvalue weighted by Gasteiger charge is 2.32. The molecule has 0 aromatic carbocycles. The molecule has 2 rings (SSSR count). The lowest BCUT2D eigenvalue weighted by atomic mass is 10.0. The first-order chi connectivity index (χ1) is 9.09. The summed E-state index contributed by atoms with van der Waals surface area (Å²) in [7, 11) is -2.00. The SMILES string of the molecule is COCC1CCCN(S(=O)(=O)c2[nH]ncc2CO)C1. The number of nitrogens with zero attached hydrogens (tertiary/aromatic N) is 2. The van der Waals surface area contributed by atoms with Gasteiger partial charge in [-0.1, -0.05) is 0 Å². The number of nitrogens with one attached hydrogen (secondary N) is 1. The Morgan fingerprint density at radius 3 is 3.11 bits per heavy atom. The third kappa shape index (κ3) is 2.97. The van der Waals surface area contributed by atoms with Crippen molar-refractivity contribution in [1.82, 2.24) is 14.5 Å². The van der Waals surface area contributed by atoms with E-state index in [-0.39, 0.29) is 17.6 Å². The van der Waals surface area contributed by atoms with Crippen LogP contribution in [0.5, 0.6) is 0 Å². The summed E-state index contributed by atoms with van der Waals surface area (Å²) in [5.74, 6) is 0.217. The highest BCUT2D eigenvalue weighted by molar-refractivity contribution is 7.89. The van der Waals surface area contributed by atoms with E-state index in [2.05, 4.69) is 10.2 Å². The molecule has 0 amide bonds. The molecule has 1 atom stereocenters. The molecule has 0 aliphatic carbocycles. The number of aliphatic hydroxyl groups excluding tert-OH is 1. The predicted molar refractivity (Wildman–Crippen MR) is 67.9 cm³/mol. The third-order valence-corrected chi connectivity index (χ3v) is 5.21. The average Bonchev–Trinajstić information content (AvgIpc) is 2.88. The van der Waals surface area contributed by atoms with Gasteiger partial charge in [-0.05, 0) is 18.8 Å². The first-order valence-corrected chi connectivity index (χ1v) is 7.65. The van der Waals surface area contributed by atoms with E-state index in [4.69, 9.17) is 9.84 Å². The minimum absolute atomic E-state index is 0.00642. The van der Waals surface area contributed by atoms with Crippen LogP contribution in [0.4, 0.5) is 0 Å². The number of hydrogen-bond acceptors (Lipinski definition) is 5. The standard InChI is InChI=1S/C11H19N3O4S/c1-18-8-9-3-2-4-14(6-9)19(16,17)11-10(7-15)5-12-13-11/h5,9,15H,2-4,6-8H2,1H3,(H,12,13). The summed E-state index contributed by atoms with van der Waals surface area (Å²) in [5.41, 5.74) is 0.300. The number of rotatable bonds is 5. The molecule has 108 valence electrons. The number of sulfonamides is 1. The summed E-state index contributed by atoms with van der Waals surface area (Å²) >= 11 is 0. The van der Waals surface area contributed by atoms with Crippen LogP contribution in [0, 0.1) is 5.92 Å². The van der Waals surface area contributed by atoms with Gasteiger partial charge in [0.25, 0.3) is 10.0 Å². The molecule has 1 aromatic heterocycles. The first-order valence-electron chi connectivity index (χ1n) is 6.21. The minimum atomic E-state index is -3.61. The Hall–Kier alpha value is -0.960. The van der Waals surface area contributed by atoms with E-state index in [1.807, 2.05) is 0 Å². The maximum atomic E-state index is 12.5. The second-order valence-electron chi connectivity index (χ2n) is 4.71. The summed E-state index contributed by atoms with van der Waals surface area (Å²) in [4.78, 5) is 0. The van der Waals surface area contributed by atoms with Gasteiger partial charge in [0.2, 0.25) is 0 Å². The highest BCUT2D eigenvalue weighted by Crippen LogP contribution is 2.24. The Bertz CT molecular complexity index is 512. The predicted octanol–water partition coefficient (Wildman–Crippen LogP) is -0.0509. The zero-order valence-electron chi connectivity index (χ0n) is 10.9. The van der Waals surface area contributed by atoms with Crippen LogP contribution in [-0.4, -0.2) is 54.8 Å². The molecule has 1 aromatic rings. The first kappa shape index (κ1) is 14.4. The molecule has 0 bridgehead atoms. The number of aromatic amines is 1. The lowest BCUT2D eigenvalue weighted by Gasteiger charge is -2.31. The Labute approximate surface area is 112 Å². The van der Waals surface area contributed by atoms with Gasteiger partial charge in [-0.25, -0.2) is 8.42 Å². The molecule has 1 fully saturated rings. The van der Waals surface area contributed by atoms with Crippen LogP contribution < -0.4 is 0 Å². The number of aliphatic hydroxyl groups is 1. The zero-order valence-corrected chi connectivity index (χ0v) is 11.7. The topological polar surface area (TPSA) is 95.5 Å². The normalized spacial score (nSPS) is 21.7. The fourth-order valence-electron chi connectivity index (χ4n) is 2.38. The fraction of sp³-hybridized carbons (Fsp3) is 0.727. The summed E-state index contributed by atoms with van der Waals surface area (Å²) in [6, 6.07) is 0. The molecular weight excluding hydrogens is 270 g/mol. The van der Waals surface area contributed by atoms with Crippen LogP contribution >= 0.6 is 0 Å². The van der Waals surface area contributed by atoms with Crippen LogP contribution in [0.3, 0.4) is 0 Å². The average molecular weight is 289 g/mol. The van der Waals surface area contributed by atoms with Crippen LogP contribution in [-0.2, 0) is 21.4 Å². The smallest absolute Gasteiger partial charge is 0.260 e. The molecule has 19 heavy (non-hydrogen) atoms. The molecule has 1 aliphatic heterocycles.